The fourth-order valence-corrected chi connectivity index (χ4v) is 3.60. The highest BCUT2D eigenvalue weighted by molar-refractivity contribution is 7.88. The van der Waals surface area contributed by atoms with Crippen molar-refractivity contribution < 1.29 is 17.6 Å². The van der Waals surface area contributed by atoms with Gasteiger partial charge < -0.3 is 5.32 Å². The Balaban J connectivity index is 1.67. The maximum absolute atomic E-state index is 14.0. The van der Waals surface area contributed by atoms with E-state index in [1.807, 2.05) is 0 Å². The number of para-hydroxylation sites is 1. The Morgan fingerprint density at radius 1 is 1.10 bits per heavy atom. The predicted octanol–water partition coefficient (Wildman–Crippen LogP) is 2.30. The van der Waals surface area contributed by atoms with Crippen LogP contribution in [0.1, 0.15) is 27.2 Å². The number of nitrogens with one attached hydrogen (secondary N) is 2. The van der Waals surface area contributed by atoms with Crippen LogP contribution < -0.4 is 10.0 Å². The summed E-state index contributed by atoms with van der Waals surface area (Å²) in [6.45, 7) is 1.97. The van der Waals surface area contributed by atoms with Crippen molar-refractivity contribution in [2.75, 3.05) is 7.05 Å². The maximum Gasteiger partial charge on any atom is 0.255 e. The highest BCUT2D eigenvalue weighted by Crippen LogP contribution is 2.17. The number of carbonyl (C=O) groups is 1. The lowest BCUT2D eigenvalue weighted by Gasteiger charge is -2.08. The minimum atomic E-state index is -3.33. The van der Waals surface area contributed by atoms with Crippen LogP contribution in [-0.2, 0) is 22.3 Å². The molecule has 1 amide bonds. The van der Waals surface area contributed by atoms with E-state index in [1.165, 1.54) is 24.0 Å². The molecule has 2 aromatic carbocycles. The van der Waals surface area contributed by atoms with Crippen molar-refractivity contribution in [1.29, 1.82) is 0 Å². The lowest BCUT2D eigenvalue weighted by Crippen LogP contribution is -2.23. The Labute approximate surface area is 168 Å². The average Bonchev–Trinajstić information content (AvgIpc) is 3.08. The molecule has 7 nitrogen and oxygen atoms in total. The number of halogens is 1. The van der Waals surface area contributed by atoms with Crippen molar-refractivity contribution in [2.45, 2.75) is 19.2 Å². The van der Waals surface area contributed by atoms with Gasteiger partial charge in [0.25, 0.3) is 5.91 Å². The van der Waals surface area contributed by atoms with Crippen molar-refractivity contribution in [1.82, 2.24) is 19.8 Å². The zero-order valence-electron chi connectivity index (χ0n) is 16.0. The smallest absolute Gasteiger partial charge is 0.255 e. The van der Waals surface area contributed by atoms with Crippen LogP contribution >= 0.6 is 0 Å². The normalized spacial score (nSPS) is 11.4. The number of hydrogen-bond acceptors (Lipinski definition) is 4. The number of sulfonamides is 1. The number of rotatable bonds is 7. The molecular formula is C20H21FN4O3S. The summed E-state index contributed by atoms with van der Waals surface area (Å²) in [5.41, 5.74) is 2.63. The Hall–Kier alpha value is -3.04. The van der Waals surface area contributed by atoms with Gasteiger partial charge >= 0.3 is 0 Å². The molecule has 0 fully saturated rings. The quantitative estimate of drug-likeness (QED) is 0.618. The molecule has 0 aliphatic heterocycles. The van der Waals surface area contributed by atoms with Gasteiger partial charge in [-0.1, -0.05) is 36.4 Å². The van der Waals surface area contributed by atoms with Crippen LogP contribution in [0.3, 0.4) is 0 Å². The second-order valence-electron chi connectivity index (χ2n) is 6.47. The van der Waals surface area contributed by atoms with E-state index < -0.39 is 15.8 Å². The molecule has 0 saturated heterocycles. The third-order valence-corrected chi connectivity index (χ3v) is 5.81. The van der Waals surface area contributed by atoms with Crippen molar-refractivity contribution in [3.63, 3.8) is 0 Å². The van der Waals surface area contributed by atoms with Gasteiger partial charge in [0.2, 0.25) is 10.0 Å². The molecule has 3 rings (SSSR count). The Morgan fingerprint density at radius 2 is 1.76 bits per heavy atom. The molecule has 0 spiro atoms. The first-order chi connectivity index (χ1) is 13.8. The van der Waals surface area contributed by atoms with Gasteiger partial charge in [0.1, 0.15) is 11.5 Å². The largest absolute Gasteiger partial charge is 0.348 e. The van der Waals surface area contributed by atoms with Crippen molar-refractivity contribution in [2.24, 2.45) is 0 Å². The summed E-state index contributed by atoms with van der Waals surface area (Å²) in [5.74, 6) is -0.858. The maximum atomic E-state index is 14.0. The number of nitrogens with zero attached hydrogens (tertiary/aromatic N) is 2. The van der Waals surface area contributed by atoms with Crippen LogP contribution in [0, 0.1) is 12.7 Å². The molecular weight excluding hydrogens is 395 g/mol. The Bertz CT molecular complexity index is 1120. The molecule has 1 heterocycles. The van der Waals surface area contributed by atoms with E-state index in [0.717, 1.165) is 5.56 Å². The first-order valence-electron chi connectivity index (χ1n) is 8.87. The summed E-state index contributed by atoms with van der Waals surface area (Å²) in [6, 6.07) is 13.1. The van der Waals surface area contributed by atoms with E-state index in [2.05, 4.69) is 15.1 Å². The predicted molar refractivity (Wildman–Crippen MR) is 108 cm³/mol. The second kappa shape index (κ2) is 8.54. The summed E-state index contributed by atoms with van der Waals surface area (Å²) in [5, 5.41) is 6.93. The topological polar surface area (TPSA) is 93.1 Å². The van der Waals surface area contributed by atoms with Gasteiger partial charge in [0.05, 0.1) is 23.2 Å². The minimum absolute atomic E-state index is 0.107. The van der Waals surface area contributed by atoms with Crippen LogP contribution in [0.2, 0.25) is 0 Å². The fourth-order valence-electron chi connectivity index (χ4n) is 2.82. The molecule has 0 unspecified atom stereocenters. The Kier molecular flexibility index (Phi) is 6.09. The van der Waals surface area contributed by atoms with Crippen LogP contribution in [-0.4, -0.2) is 31.2 Å². The minimum Gasteiger partial charge on any atom is -0.348 e. The van der Waals surface area contributed by atoms with E-state index in [4.69, 9.17) is 0 Å². The van der Waals surface area contributed by atoms with E-state index in [-0.39, 0.29) is 23.9 Å². The summed E-state index contributed by atoms with van der Waals surface area (Å²) in [4.78, 5) is 12.5. The highest BCUT2D eigenvalue weighted by atomic mass is 32.2. The van der Waals surface area contributed by atoms with E-state index in [9.17, 15) is 17.6 Å². The summed E-state index contributed by atoms with van der Waals surface area (Å²) in [6.07, 6.45) is 1.41. The molecule has 0 bridgehead atoms. The van der Waals surface area contributed by atoms with Gasteiger partial charge in [0, 0.05) is 6.54 Å². The lowest BCUT2D eigenvalue weighted by atomic mass is 10.1. The number of amides is 1. The summed E-state index contributed by atoms with van der Waals surface area (Å²) in [7, 11) is -1.96. The molecule has 9 heteroatoms. The van der Waals surface area contributed by atoms with Crippen LogP contribution in [0.25, 0.3) is 5.69 Å². The average molecular weight is 416 g/mol. The SMILES string of the molecule is CNS(=O)(=O)Cc1ccc(CNC(=O)c2cnn(-c3ccccc3F)c2C)cc1. The second-order valence-corrected chi connectivity index (χ2v) is 8.40. The third-order valence-electron chi connectivity index (χ3n) is 4.48. The zero-order valence-corrected chi connectivity index (χ0v) is 16.8. The monoisotopic (exact) mass is 416 g/mol. The molecule has 29 heavy (non-hydrogen) atoms. The molecule has 3 aromatic rings. The molecule has 1 aromatic heterocycles. The number of benzene rings is 2. The van der Waals surface area contributed by atoms with Gasteiger partial charge in [-0.05, 0) is 37.2 Å². The van der Waals surface area contributed by atoms with E-state index in [1.54, 1.807) is 49.4 Å². The summed E-state index contributed by atoms with van der Waals surface area (Å²) >= 11 is 0. The fraction of sp³-hybridized carbons (Fsp3) is 0.200. The first-order valence-corrected chi connectivity index (χ1v) is 10.5. The number of aromatic nitrogens is 2. The van der Waals surface area contributed by atoms with Gasteiger partial charge in [-0.2, -0.15) is 5.10 Å². The molecule has 0 radical (unpaired) electrons. The molecule has 0 atom stereocenters. The van der Waals surface area contributed by atoms with Gasteiger partial charge in [-0.15, -0.1) is 0 Å². The summed E-state index contributed by atoms with van der Waals surface area (Å²) < 4.78 is 40.8. The molecule has 0 aliphatic carbocycles. The van der Waals surface area contributed by atoms with E-state index >= 15 is 0 Å². The molecule has 0 aliphatic rings. The third kappa shape index (κ3) is 4.87. The number of hydrogen-bond donors (Lipinski definition) is 2. The van der Waals surface area contributed by atoms with Gasteiger partial charge in [0.15, 0.2) is 0 Å². The molecule has 0 saturated carbocycles. The Morgan fingerprint density at radius 3 is 2.41 bits per heavy atom. The van der Waals surface area contributed by atoms with Gasteiger partial charge in [-0.25, -0.2) is 22.2 Å². The van der Waals surface area contributed by atoms with Crippen LogP contribution in [0.4, 0.5) is 4.39 Å². The van der Waals surface area contributed by atoms with Crippen LogP contribution in [0.15, 0.2) is 54.7 Å². The van der Waals surface area contributed by atoms with Crippen LogP contribution in [0.5, 0.6) is 0 Å². The molecule has 2 N–H and O–H groups in total. The van der Waals surface area contributed by atoms with Crippen molar-refractivity contribution in [3.05, 3.63) is 82.9 Å². The van der Waals surface area contributed by atoms with E-state index in [0.29, 0.717) is 16.8 Å². The van der Waals surface area contributed by atoms with Gasteiger partial charge in [-0.3, -0.25) is 4.79 Å². The molecule has 152 valence electrons. The highest BCUT2D eigenvalue weighted by Gasteiger charge is 2.16. The number of carbonyl (C=O) groups excluding carboxylic acids is 1. The standard InChI is InChI=1S/C20H21FN4O3S/c1-14-17(12-24-25(14)19-6-4-3-5-18(19)21)20(26)23-11-15-7-9-16(10-8-15)13-29(27,28)22-2/h3-10,12,22H,11,13H2,1-2H3,(H,23,26). The lowest BCUT2D eigenvalue weighted by molar-refractivity contribution is 0.0950. The van der Waals surface area contributed by atoms with Crippen molar-refractivity contribution in [3.8, 4) is 5.69 Å². The van der Waals surface area contributed by atoms with Crippen molar-refractivity contribution >= 4 is 15.9 Å². The first kappa shape index (κ1) is 20.7. The zero-order chi connectivity index (χ0) is 21.0.